The lowest BCUT2D eigenvalue weighted by molar-refractivity contribution is -0.154. The van der Waals surface area contributed by atoms with Gasteiger partial charge in [-0.3, -0.25) is 0 Å². The van der Waals surface area contributed by atoms with Crippen molar-refractivity contribution in [3.8, 4) is 5.88 Å². The SMILES string of the molecule is O=C(NCc1ccnc(OCC(F)(F)F)c1)N1CCCN(CC2CCCCC2)CC1. The highest BCUT2D eigenvalue weighted by atomic mass is 19.4. The maximum Gasteiger partial charge on any atom is 0.422 e. The van der Waals surface area contributed by atoms with Crippen LogP contribution in [0.25, 0.3) is 0 Å². The molecule has 0 atom stereocenters. The monoisotopic (exact) mass is 428 g/mol. The van der Waals surface area contributed by atoms with E-state index in [4.69, 9.17) is 0 Å². The van der Waals surface area contributed by atoms with Crippen molar-refractivity contribution in [1.82, 2.24) is 20.1 Å². The second-order valence-corrected chi connectivity index (χ2v) is 8.21. The van der Waals surface area contributed by atoms with E-state index in [0.29, 0.717) is 18.7 Å². The van der Waals surface area contributed by atoms with Gasteiger partial charge in [-0.25, -0.2) is 9.78 Å². The molecule has 1 saturated carbocycles. The summed E-state index contributed by atoms with van der Waals surface area (Å²) < 4.78 is 41.5. The van der Waals surface area contributed by atoms with Crippen molar-refractivity contribution < 1.29 is 22.7 Å². The second kappa shape index (κ2) is 10.8. The number of nitrogens with one attached hydrogen (secondary N) is 1. The topological polar surface area (TPSA) is 57.7 Å². The minimum atomic E-state index is -4.41. The van der Waals surface area contributed by atoms with E-state index in [0.717, 1.165) is 32.0 Å². The maximum absolute atomic E-state index is 12.6. The standard InChI is InChI=1S/C21H31F3N4O2/c22-21(23,24)16-30-19-13-18(7-8-25-19)14-26-20(29)28-10-4-9-27(11-12-28)15-17-5-2-1-3-6-17/h7-8,13,17H,1-6,9-12,14-16H2,(H,26,29). The van der Waals surface area contributed by atoms with Crippen molar-refractivity contribution >= 4 is 6.03 Å². The van der Waals surface area contributed by atoms with Crippen LogP contribution in [0.5, 0.6) is 5.88 Å². The van der Waals surface area contributed by atoms with Crippen LogP contribution >= 0.6 is 0 Å². The molecule has 1 N–H and O–H groups in total. The third-order valence-corrected chi connectivity index (χ3v) is 5.74. The number of ether oxygens (including phenoxy) is 1. The fraction of sp³-hybridized carbons (Fsp3) is 0.714. The normalized spacial score (nSPS) is 19.4. The van der Waals surface area contributed by atoms with Gasteiger partial charge in [0.15, 0.2) is 6.61 Å². The fourth-order valence-electron chi connectivity index (χ4n) is 4.18. The summed E-state index contributed by atoms with van der Waals surface area (Å²) in [5.41, 5.74) is 0.643. The molecule has 6 nitrogen and oxygen atoms in total. The fourth-order valence-corrected chi connectivity index (χ4v) is 4.18. The molecule has 1 aliphatic carbocycles. The molecule has 0 radical (unpaired) electrons. The number of halogens is 3. The summed E-state index contributed by atoms with van der Waals surface area (Å²) in [6.45, 7) is 3.26. The van der Waals surface area contributed by atoms with Crippen LogP contribution in [0.3, 0.4) is 0 Å². The quantitative estimate of drug-likeness (QED) is 0.749. The minimum absolute atomic E-state index is 0.104. The van der Waals surface area contributed by atoms with Gasteiger partial charge in [0.25, 0.3) is 0 Å². The van der Waals surface area contributed by atoms with E-state index in [2.05, 4.69) is 19.9 Å². The third-order valence-electron chi connectivity index (χ3n) is 5.74. The Hall–Kier alpha value is -2.03. The molecule has 3 rings (SSSR count). The first kappa shape index (κ1) is 22.7. The zero-order valence-corrected chi connectivity index (χ0v) is 17.3. The van der Waals surface area contributed by atoms with Crippen LogP contribution in [-0.2, 0) is 6.54 Å². The number of pyridine rings is 1. The van der Waals surface area contributed by atoms with Crippen LogP contribution < -0.4 is 10.1 Å². The van der Waals surface area contributed by atoms with Crippen LogP contribution in [-0.4, -0.2) is 66.3 Å². The van der Waals surface area contributed by atoms with Crippen LogP contribution in [0.2, 0.25) is 0 Å². The van der Waals surface area contributed by atoms with E-state index in [1.807, 2.05) is 4.90 Å². The van der Waals surface area contributed by atoms with E-state index in [1.54, 1.807) is 6.07 Å². The number of alkyl halides is 3. The first-order valence-electron chi connectivity index (χ1n) is 10.8. The molecule has 2 fully saturated rings. The van der Waals surface area contributed by atoms with E-state index in [9.17, 15) is 18.0 Å². The summed E-state index contributed by atoms with van der Waals surface area (Å²) in [5, 5.41) is 2.86. The Bertz CT molecular complexity index is 680. The van der Waals surface area contributed by atoms with Gasteiger partial charge in [-0.15, -0.1) is 0 Å². The Balaban J connectivity index is 1.42. The lowest BCUT2D eigenvalue weighted by Crippen LogP contribution is -2.42. The summed E-state index contributed by atoms with van der Waals surface area (Å²) in [4.78, 5) is 20.6. The molecule has 0 unspecified atom stereocenters. The molecule has 0 aromatic carbocycles. The van der Waals surface area contributed by atoms with Crippen LogP contribution in [0, 0.1) is 5.92 Å². The zero-order chi connectivity index (χ0) is 21.4. The molecule has 2 aliphatic rings. The molecule has 168 valence electrons. The molecule has 1 saturated heterocycles. The highest BCUT2D eigenvalue weighted by Crippen LogP contribution is 2.24. The van der Waals surface area contributed by atoms with Crippen molar-refractivity contribution in [3.63, 3.8) is 0 Å². The molecule has 2 heterocycles. The molecule has 30 heavy (non-hydrogen) atoms. The Labute approximate surface area is 175 Å². The molecule has 1 aromatic heterocycles. The summed E-state index contributed by atoms with van der Waals surface area (Å²) in [7, 11) is 0. The average molecular weight is 428 g/mol. The van der Waals surface area contributed by atoms with Gasteiger partial charge in [-0.2, -0.15) is 13.2 Å². The molecule has 9 heteroatoms. The number of aromatic nitrogens is 1. The number of carbonyl (C=O) groups is 1. The zero-order valence-electron chi connectivity index (χ0n) is 17.3. The molecular formula is C21H31F3N4O2. The van der Waals surface area contributed by atoms with Crippen LogP contribution in [0.1, 0.15) is 44.1 Å². The van der Waals surface area contributed by atoms with Crippen molar-refractivity contribution in [3.05, 3.63) is 23.9 Å². The Morgan fingerprint density at radius 2 is 1.93 bits per heavy atom. The van der Waals surface area contributed by atoms with Crippen LogP contribution in [0.4, 0.5) is 18.0 Å². The van der Waals surface area contributed by atoms with E-state index in [-0.39, 0.29) is 18.5 Å². The molecule has 1 aromatic rings. The van der Waals surface area contributed by atoms with Crippen molar-refractivity contribution in [2.45, 2.75) is 51.2 Å². The van der Waals surface area contributed by atoms with Gasteiger partial charge < -0.3 is 19.9 Å². The van der Waals surface area contributed by atoms with Gasteiger partial charge in [-0.05, 0) is 43.4 Å². The lowest BCUT2D eigenvalue weighted by Gasteiger charge is -2.28. The average Bonchev–Trinajstić information content (AvgIpc) is 2.97. The number of nitrogens with zero attached hydrogens (tertiary/aromatic N) is 3. The predicted molar refractivity (Wildman–Crippen MR) is 107 cm³/mol. The lowest BCUT2D eigenvalue weighted by atomic mass is 9.89. The number of carbonyl (C=O) groups excluding carboxylic acids is 1. The van der Waals surface area contributed by atoms with Gasteiger partial charge in [0.2, 0.25) is 5.88 Å². The maximum atomic E-state index is 12.6. The smallest absolute Gasteiger partial charge is 0.422 e. The van der Waals surface area contributed by atoms with E-state index in [1.165, 1.54) is 44.4 Å². The van der Waals surface area contributed by atoms with E-state index >= 15 is 0 Å². The number of amides is 2. The summed E-state index contributed by atoms with van der Waals surface area (Å²) in [6.07, 6.45) is 4.59. The van der Waals surface area contributed by atoms with Gasteiger partial charge in [0.1, 0.15) is 0 Å². The molecular weight excluding hydrogens is 397 g/mol. The molecule has 0 spiro atoms. The van der Waals surface area contributed by atoms with Gasteiger partial charge >= 0.3 is 12.2 Å². The van der Waals surface area contributed by atoms with E-state index < -0.39 is 12.8 Å². The largest absolute Gasteiger partial charge is 0.468 e. The molecule has 2 amide bonds. The Morgan fingerprint density at radius 1 is 1.13 bits per heavy atom. The first-order chi connectivity index (χ1) is 14.4. The summed E-state index contributed by atoms with van der Waals surface area (Å²) in [5.74, 6) is 0.687. The van der Waals surface area contributed by atoms with Crippen molar-refractivity contribution in [2.24, 2.45) is 5.92 Å². The summed E-state index contributed by atoms with van der Waals surface area (Å²) >= 11 is 0. The number of urea groups is 1. The molecule has 0 bridgehead atoms. The highest BCUT2D eigenvalue weighted by molar-refractivity contribution is 5.74. The Morgan fingerprint density at radius 3 is 2.70 bits per heavy atom. The van der Waals surface area contributed by atoms with Crippen LogP contribution in [0.15, 0.2) is 18.3 Å². The number of hydrogen-bond acceptors (Lipinski definition) is 4. The van der Waals surface area contributed by atoms with Crippen molar-refractivity contribution in [1.29, 1.82) is 0 Å². The third kappa shape index (κ3) is 7.66. The van der Waals surface area contributed by atoms with Gasteiger partial charge in [-0.1, -0.05) is 19.3 Å². The highest BCUT2D eigenvalue weighted by Gasteiger charge is 2.28. The van der Waals surface area contributed by atoms with Gasteiger partial charge in [0.05, 0.1) is 0 Å². The van der Waals surface area contributed by atoms with Crippen molar-refractivity contribution in [2.75, 3.05) is 39.3 Å². The number of rotatable bonds is 6. The first-order valence-corrected chi connectivity index (χ1v) is 10.8. The predicted octanol–water partition coefficient (Wildman–Crippen LogP) is 3.82. The minimum Gasteiger partial charge on any atom is -0.468 e. The molecule has 1 aliphatic heterocycles. The second-order valence-electron chi connectivity index (χ2n) is 8.21. The summed E-state index contributed by atoms with van der Waals surface area (Å²) in [6, 6.07) is 2.92. The number of hydrogen-bond donors (Lipinski definition) is 1. The Kier molecular flexibility index (Phi) is 8.18. The van der Waals surface area contributed by atoms with Gasteiger partial charge in [0, 0.05) is 45.0 Å².